The largest absolute Gasteiger partial charge is 0.493 e. The first-order chi connectivity index (χ1) is 11.7. The number of benzene rings is 1. The van der Waals surface area contributed by atoms with E-state index in [1.54, 1.807) is 6.08 Å². The second-order valence-corrected chi connectivity index (χ2v) is 6.89. The van der Waals surface area contributed by atoms with Gasteiger partial charge in [0.05, 0.1) is 18.2 Å². The summed E-state index contributed by atoms with van der Waals surface area (Å²) in [6.45, 7) is 4.78. The first kappa shape index (κ1) is 17.0. The van der Waals surface area contributed by atoms with E-state index in [0.29, 0.717) is 18.2 Å². The van der Waals surface area contributed by atoms with E-state index in [4.69, 9.17) is 4.74 Å². The van der Waals surface area contributed by atoms with Crippen LogP contribution in [0.2, 0.25) is 0 Å². The van der Waals surface area contributed by atoms with Crippen LogP contribution in [-0.4, -0.2) is 47.3 Å². The third-order valence-corrected chi connectivity index (χ3v) is 5.08. The molecule has 2 aliphatic rings. The van der Waals surface area contributed by atoms with Gasteiger partial charge < -0.3 is 4.74 Å². The van der Waals surface area contributed by atoms with Gasteiger partial charge in [0.2, 0.25) is 0 Å². The van der Waals surface area contributed by atoms with Crippen LogP contribution in [0.15, 0.2) is 29.2 Å². The standard InChI is InChI=1S/C18H22N2O3S/c1-2-23-15-9-5-4-8-14(15)12-16-17(21)20(18(22)24-16)13-19-10-6-3-7-11-19/h4-5,8-9,12H,2-3,6-7,10-11,13H2,1H3/b16-12-. The highest BCUT2D eigenvalue weighted by molar-refractivity contribution is 8.18. The normalized spacial score (nSPS) is 20.9. The molecular weight excluding hydrogens is 324 g/mol. The Bertz CT molecular complexity index is 653. The molecule has 0 radical (unpaired) electrons. The average molecular weight is 346 g/mol. The summed E-state index contributed by atoms with van der Waals surface area (Å²) < 4.78 is 5.59. The maximum atomic E-state index is 12.6. The van der Waals surface area contributed by atoms with Crippen LogP contribution in [0.1, 0.15) is 31.7 Å². The van der Waals surface area contributed by atoms with Crippen LogP contribution in [0.4, 0.5) is 4.79 Å². The zero-order chi connectivity index (χ0) is 16.9. The molecular formula is C18H22N2O3S. The zero-order valence-electron chi connectivity index (χ0n) is 13.9. The molecule has 2 saturated heterocycles. The summed E-state index contributed by atoms with van der Waals surface area (Å²) in [6.07, 6.45) is 5.25. The minimum atomic E-state index is -0.207. The lowest BCUT2D eigenvalue weighted by atomic mass is 10.1. The van der Waals surface area contributed by atoms with Crippen LogP contribution in [0, 0.1) is 0 Å². The number of nitrogens with zero attached hydrogens (tertiary/aromatic N) is 2. The van der Waals surface area contributed by atoms with Crippen LogP contribution in [0.3, 0.4) is 0 Å². The molecule has 24 heavy (non-hydrogen) atoms. The molecule has 1 aromatic rings. The summed E-state index contributed by atoms with van der Waals surface area (Å²) in [5.74, 6) is 0.518. The van der Waals surface area contributed by atoms with Crippen molar-refractivity contribution in [3.63, 3.8) is 0 Å². The summed E-state index contributed by atoms with van der Waals surface area (Å²) in [6, 6.07) is 7.55. The van der Waals surface area contributed by atoms with Crippen LogP contribution < -0.4 is 4.74 Å². The van der Waals surface area contributed by atoms with Crippen molar-refractivity contribution in [3.8, 4) is 5.75 Å². The molecule has 2 amide bonds. The van der Waals surface area contributed by atoms with Crippen LogP contribution in [-0.2, 0) is 4.79 Å². The number of thioether (sulfide) groups is 1. The number of hydrogen-bond acceptors (Lipinski definition) is 5. The van der Waals surface area contributed by atoms with Crippen molar-refractivity contribution in [2.75, 3.05) is 26.4 Å². The van der Waals surface area contributed by atoms with Gasteiger partial charge in [-0.3, -0.25) is 19.4 Å². The number of piperidine rings is 1. The first-order valence-corrected chi connectivity index (χ1v) is 9.20. The lowest BCUT2D eigenvalue weighted by molar-refractivity contribution is -0.124. The molecule has 0 aromatic heterocycles. The predicted molar refractivity (Wildman–Crippen MR) is 95.7 cm³/mol. The highest BCUT2D eigenvalue weighted by atomic mass is 32.2. The molecule has 3 rings (SSSR count). The van der Waals surface area contributed by atoms with Crippen molar-refractivity contribution in [2.45, 2.75) is 26.2 Å². The quantitative estimate of drug-likeness (QED) is 0.763. The van der Waals surface area contributed by atoms with Crippen LogP contribution >= 0.6 is 11.8 Å². The summed E-state index contributed by atoms with van der Waals surface area (Å²) >= 11 is 1.01. The molecule has 0 unspecified atom stereocenters. The summed E-state index contributed by atoms with van der Waals surface area (Å²) in [5.41, 5.74) is 0.822. The number of likely N-dealkylation sites (tertiary alicyclic amines) is 1. The van der Waals surface area contributed by atoms with E-state index in [-0.39, 0.29) is 11.1 Å². The molecule has 0 aliphatic carbocycles. The highest BCUT2D eigenvalue weighted by Gasteiger charge is 2.36. The van der Waals surface area contributed by atoms with Crippen LogP contribution in [0.5, 0.6) is 5.75 Å². The fraction of sp³-hybridized carbons (Fsp3) is 0.444. The van der Waals surface area contributed by atoms with E-state index in [0.717, 1.165) is 49.0 Å². The van der Waals surface area contributed by atoms with Crippen molar-refractivity contribution in [2.24, 2.45) is 0 Å². The predicted octanol–water partition coefficient (Wildman–Crippen LogP) is 3.57. The fourth-order valence-electron chi connectivity index (χ4n) is 2.95. The van der Waals surface area contributed by atoms with Gasteiger partial charge >= 0.3 is 0 Å². The van der Waals surface area contributed by atoms with E-state index in [1.165, 1.54) is 11.3 Å². The van der Waals surface area contributed by atoms with Crippen LogP contribution in [0.25, 0.3) is 6.08 Å². The Morgan fingerprint density at radius 3 is 2.67 bits per heavy atom. The molecule has 0 bridgehead atoms. The van der Waals surface area contributed by atoms with E-state index >= 15 is 0 Å². The average Bonchev–Trinajstić information content (AvgIpc) is 2.85. The number of amides is 2. The maximum absolute atomic E-state index is 12.6. The molecule has 0 atom stereocenters. The Hall–Kier alpha value is -1.79. The van der Waals surface area contributed by atoms with Crippen molar-refractivity contribution in [1.82, 2.24) is 9.80 Å². The molecule has 5 nitrogen and oxygen atoms in total. The molecule has 6 heteroatoms. The Morgan fingerprint density at radius 2 is 1.92 bits per heavy atom. The number of ether oxygens (including phenoxy) is 1. The Kier molecular flexibility index (Phi) is 5.58. The van der Waals surface area contributed by atoms with E-state index in [2.05, 4.69) is 4.90 Å². The number of carbonyl (C=O) groups is 2. The van der Waals surface area contributed by atoms with Crippen molar-refractivity contribution < 1.29 is 14.3 Å². The summed E-state index contributed by atoms with van der Waals surface area (Å²) in [5, 5.41) is -0.189. The molecule has 0 N–H and O–H groups in total. The van der Waals surface area contributed by atoms with Gasteiger partial charge in [0, 0.05) is 5.56 Å². The summed E-state index contributed by atoms with van der Waals surface area (Å²) in [7, 11) is 0. The smallest absolute Gasteiger partial charge is 0.294 e. The Morgan fingerprint density at radius 1 is 1.17 bits per heavy atom. The van der Waals surface area contributed by atoms with Crippen molar-refractivity contribution in [3.05, 3.63) is 34.7 Å². The molecule has 2 fully saturated rings. The number of rotatable bonds is 5. The number of para-hydroxylation sites is 1. The van der Waals surface area contributed by atoms with Gasteiger partial charge in [-0.1, -0.05) is 24.6 Å². The minimum absolute atomic E-state index is 0.189. The van der Waals surface area contributed by atoms with Gasteiger partial charge in [-0.25, -0.2) is 0 Å². The monoisotopic (exact) mass is 346 g/mol. The number of imide groups is 1. The maximum Gasteiger partial charge on any atom is 0.294 e. The van der Waals surface area contributed by atoms with Gasteiger partial charge in [-0.2, -0.15) is 0 Å². The molecule has 1 aromatic carbocycles. The number of carbonyl (C=O) groups excluding carboxylic acids is 2. The van der Waals surface area contributed by atoms with E-state index in [9.17, 15) is 9.59 Å². The number of hydrogen-bond donors (Lipinski definition) is 0. The molecule has 0 spiro atoms. The van der Waals surface area contributed by atoms with E-state index in [1.807, 2.05) is 31.2 Å². The molecule has 0 saturated carbocycles. The zero-order valence-corrected chi connectivity index (χ0v) is 14.7. The van der Waals surface area contributed by atoms with Gasteiger partial charge in [-0.15, -0.1) is 0 Å². The first-order valence-electron chi connectivity index (χ1n) is 8.38. The fourth-order valence-corrected chi connectivity index (χ4v) is 3.77. The lowest BCUT2D eigenvalue weighted by Crippen LogP contribution is -2.42. The molecule has 128 valence electrons. The van der Waals surface area contributed by atoms with Crippen molar-refractivity contribution in [1.29, 1.82) is 0 Å². The van der Waals surface area contributed by atoms with E-state index < -0.39 is 0 Å². The minimum Gasteiger partial charge on any atom is -0.493 e. The van der Waals surface area contributed by atoms with Crippen molar-refractivity contribution >= 4 is 29.0 Å². The van der Waals surface area contributed by atoms with Gasteiger partial charge in [0.1, 0.15) is 5.75 Å². The van der Waals surface area contributed by atoms with Gasteiger partial charge in [-0.05, 0) is 56.8 Å². The highest BCUT2D eigenvalue weighted by Crippen LogP contribution is 2.34. The molecule has 2 aliphatic heterocycles. The van der Waals surface area contributed by atoms with Gasteiger partial charge in [0.15, 0.2) is 0 Å². The third kappa shape index (κ3) is 3.82. The Balaban J connectivity index is 1.75. The second-order valence-electron chi connectivity index (χ2n) is 5.90. The second kappa shape index (κ2) is 7.85. The topological polar surface area (TPSA) is 49.9 Å². The summed E-state index contributed by atoms with van der Waals surface area (Å²) in [4.78, 5) is 28.8. The Labute approximate surface area is 146 Å². The van der Waals surface area contributed by atoms with Gasteiger partial charge in [0.25, 0.3) is 11.1 Å². The SMILES string of the molecule is CCOc1ccccc1/C=C1\SC(=O)N(CN2CCCCC2)C1=O. The molecule has 2 heterocycles. The lowest BCUT2D eigenvalue weighted by Gasteiger charge is -2.29. The third-order valence-electron chi connectivity index (χ3n) is 4.17.